The molecule has 0 saturated heterocycles. The molecule has 0 heterocycles. The molecule has 1 atom stereocenters. The van der Waals surface area contributed by atoms with Gasteiger partial charge in [0.05, 0.1) is 23.7 Å². The third-order valence-electron chi connectivity index (χ3n) is 4.42. The number of alkyl carbamates (subject to hydrolysis) is 1. The van der Waals surface area contributed by atoms with Crippen LogP contribution >= 0.6 is 0 Å². The van der Waals surface area contributed by atoms with Crippen LogP contribution in [-0.2, 0) is 9.47 Å². The van der Waals surface area contributed by atoms with Crippen LogP contribution < -0.4 is 10.1 Å². The van der Waals surface area contributed by atoms with E-state index in [1.54, 1.807) is 20.8 Å². The SMILES string of the molecule is C=C(OC1CCCC1)[C@H](CCOc1ccc([N+](=O)[O-])cc1)NC(=O)OC(C)(C)C. The monoisotopic (exact) mass is 406 g/mol. The smallest absolute Gasteiger partial charge is 0.408 e. The molecule has 1 amide bonds. The molecule has 1 aromatic rings. The molecule has 160 valence electrons. The van der Waals surface area contributed by atoms with E-state index in [0.29, 0.717) is 17.9 Å². The Kier molecular flexibility index (Phi) is 7.87. The number of benzene rings is 1. The highest BCUT2D eigenvalue weighted by atomic mass is 16.6. The maximum absolute atomic E-state index is 12.2. The summed E-state index contributed by atoms with van der Waals surface area (Å²) in [4.78, 5) is 22.5. The first-order chi connectivity index (χ1) is 13.6. The lowest BCUT2D eigenvalue weighted by molar-refractivity contribution is -0.384. The molecule has 8 nitrogen and oxygen atoms in total. The van der Waals surface area contributed by atoms with Crippen molar-refractivity contribution in [1.29, 1.82) is 0 Å². The van der Waals surface area contributed by atoms with Crippen LogP contribution in [0.1, 0.15) is 52.9 Å². The predicted octanol–water partition coefficient (Wildman–Crippen LogP) is 4.73. The highest BCUT2D eigenvalue weighted by Gasteiger charge is 2.25. The number of nitrogens with one attached hydrogen (secondary N) is 1. The number of nitro groups is 1. The molecule has 1 aliphatic rings. The van der Waals surface area contributed by atoms with Crippen LogP contribution in [0.4, 0.5) is 10.5 Å². The van der Waals surface area contributed by atoms with Gasteiger partial charge in [-0.2, -0.15) is 0 Å². The average Bonchev–Trinajstić information content (AvgIpc) is 3.12. The molecule has 2 rings (SSSR count). The third kappa shape index (κ3) is 8.01. The molecule has 8 heteroatoms. The Labute approximate surface area is 171 Å². The van der Waals surface area contributed by atoms with E-state index in [2.05, 4.69) is 11.9 Å². The highest BCUT2D eigenvalue weighted by molar-refractivity contribution is 5.68. The lowest BCUT2D eigenvalue weighted by Crippen LogP contribution is -2.41. The zero-order valence-electron chi connectivity index (χ0n) is 17.3. The van der Waals surface area contributed by atoms with E-state index in [1.165, 1.54) is 24.3 Å². The van der Waals surface area contributed by atoms with Crippen molar-refractivity contribution < 1.29 is 23.9 Å². The van der Waals surface area contributed by atoms with Crippen LogP contribution in [0.2, 0.25) is 0 Å². The Bertz CT molecular complexity index is 705. The second kappa shape index (κ2) is 10.1. The first-order valence-corrected chi connectivity index (χ1v) is 9.86. The Morgan fingerprint density at radius 2 is 1.90 bits per heavy atom. The molecule has 1 saturated carbocycles. The van der Waals surface area contributed by atoms with Gasteiger partial charge in [0.25, 0.3) is 5.69 Å². The summed E-state index contributed by atoms with van der Waals surface area (Å²) < 4.78 is 17.0. The minimum Gasteiger partial charge on any atom is -0.493 e. The van der Waals surface area contributed by atoms with Gasteiger partial charge in [-0.15, -0.1) is 0 Å². The van der Waals surface area contributed by atoms with Gasteiger partial charge in [-0.3, -0.25) is 10.1 Å². The first-order valence-electron chi connectivity index (χ1n) is 9.86. The van der Waals surface area contributed by atoms with Gasteiger partial charge in [-0.25, -0.2) is 4.79 Å². The van der Waals surface area contributed by atoms with Gasteiger partial charge in [0.2, 0.25) is 0 Å². The normalized spacial score (nSPS) is 15.4. The fourth-order valence-electron chi connectivity index (χ4n) is 3.02. The minimum absolute atomic E-state index is 0.000148. The number of nitrogens with zero attached hydrogens (tertiary/aromatic N) is 1. The molecule has 0 aromatic heterocycles. The molecule has 29 heavy (non-hydrogen) atoms. The van der Waals surface area contributed by atoms with E-state index in [0.717, 1.165) is 25.7 Å². The van der Waals surface area contributed by atoms with Crippen molar-refractivity contribution in [2.45, 2.75) is 70.6 Å². The van der Waals surface area contributed by atoms with Crippen LogP contribution in [0.3, 0.4) is 0 Å². The summed E-state index contributed by atoms with van der Waals surface area (Å²) in [6.07, 6.45) is 4.23. The van der Waals surface area contributed by atoms with Gasteiger partial charge in [0.15, 0.2) is 0 Å². The van der Waals surface area contributed by atoms with Gasteiger partial charge in [-0.05, 0) is 58.6 Å². The fraction of sp³-hybridized carbons (Fsp3) is 0.571. The standard InChI is InChI=1S/C21H30N2O6/c1-15(28-18-7-5-6-8-18)19(22-20(24)29-21(2,3)4)13-14-27-17-11-9-16(10-12-17)23(25)26/h9-12,18-19H,1,5-8,13-14H2,2-4H3,(H,22,24)/t19-/m0/s1. The minimum atomic E-state index is -0.614. The number of hydrogen-bond acceptors (Lipinski definition) is 6. The molecule has 0 radical (unpaired) electrons. The Balaban J connectivity index is 1.93. The second-order valence-corrected chi connectivity index (χ2v) is 8.08. The van der Waals surface area contributed by atoms with E-state index in [9.17, 15) is 14.9 Å². The number of hydrogen-bond donors (Lipinski definition) is 1. The Morgan fingerprint density at radius 1 is 1.28 bits per heavy atom. The lowest BCUT2D eigenvalue weighted by atomic mass is 10.1. The van der Waals surface area contributed by atoms with Crippen molar-refractivity contribution in [3.63, 3.8) is 0 Å². The summed E-state index contributed by atoms with van der Waals surface area (Å²) in [5, 5.41) is 13.5. The highest BCUT2D eigenvalue weighted by Crippen LogP contribution is 2.25. The number of amides is 1. The third-order valence-corrected chi connectivity index (χ3v) is 4.42. The van der Waals surface area contributed by atoms with Gasteiger partial charge in [0, 0.05) is 18.6 Å². The lowest BCUT2D eigenvalue weighted by Gasteiger charge is -2.26. The van der Waals surface area contributed by atoms with E-state index in [4.69, 9.17) is 14.2 Å². The van der Waals surface area contributed by atoms with Crippen molar-refractivity contribution in [2.24, 2.45) is 0 Å². The second-order valence-electron chi connectivity index (χ2n) is 8.08. The van der Waals surface area contributed by atoms with Crippen LogP contribution in [0.25, 0.3) is 0 Å². The number of carbonyl (C=O) groups is 1. The van der Waals surface area contributed by atoms with Crippen molar-refractivity contribution in [3.05, 3.63) is 46.7 Å². The molecule has 0 bridgehead atoms. The summed E-state index contributed by atoms with van der Waals surface area (Å²) in [5.41, 5.74) is -0.613. The van der Waals surface area contributed by atoms with Gasteiger partial charge in [0.1, 0.15) is 17.1 Å². The first kappa shape index (κ1) is 22.5. The topological polar surface area (TPSA) is 99.9 Å². The number of rotatable bonds is 9. The van der Waals surface area contributed by atoms with Gasteiger partial charge >= 0.3 is 6.09 Å². The van der Waals surface area contributed by atoms with Gasteiger partial charge < -0.3 is 19.5 Å². The maximum Gasteiger partial charge on any atom is 0.408 e. The summed E-state index contributed by atoms with van der Waals surface area (Å²) >= 11 is 0. The quantitative estimate of drug-likeness (QED) is 0.361. The average molecular weight is 406 g/mol. The molecule has 1 aromatic carbocycles. The molecular formula is C21H30N2O6. The van der Waals surface area contributed by atoms with Crippen molar-refractivity contribution in [2.75, 3.05) is 6.61 Å². The molecule has 0 spiro atoms. The predicted molar refractivity (Wildman–Crippen MR) is 109 cm³/mol. The summed E-state index contributed by atoms with van der Waals surface area (Å²) in [6.45, 7) is 9.66. The number of nitro benzene ring substituents is 1. The summed E-state index contributed by atoms with van der Waals surface area (Å²) in [7, 11) is 0. The van der Waals surface area contributed by atoms with E-state index >= 15 is 0 Å². The molecule has 0 aliphatic heterocycles. The van der Waals surface area contributed by atoms with Crippen LogP contribution in [0, 0.1) is 10.1 Å². The zero-order valence-corrected chi connectivity index (χ0v) is 17.3. The summed E-state index contributed by atoms with van der Waals surface area (Å²) in [6, 6.07) is 5.38. The molecule has 1 fully saturated rings. The van der Waals surface area contributed by atoms with Crippen LogP contribution in [-0.4, -0.2) is 35.4 Å². The number of non-ortho nitro benzene ring substituents is 1. The molecule has 1 aliphatic carbocycles. The van der Waals surface area contributed by atoms with Crippen LogP contribution in [0.5, 0.6) is 5.75 Å². The molecule has 0 unspecified atom stereocenters. The van der Waals surface area contributed by atoms with Crippen molar-refractivity contribution in [1.82, 2.24) is 5.32 Å². The molecular weight excluding hydrogens is 376 g/mol. The van der Waals surface area contributed by atoms with Crippen molar-refractivity contribution in [3.8, 4) is 5.75 Å². The van der Waals surface area contributed by atoms with E-state index in [1.807, 2.05) is 0 Å². The van der Waals surface area contributed by atoms with Crippen molar-refractivity contribution >= 4 is 11.8 Å². The van der Waals surface area contributed by atoms with Gasteiger partial charge in [-0.1, -0.05) is 6.58 Å². The van der Waals surface area contributed by atoms with E-state index in [-0.39, 0.29) is 18.4 Å². The van der Waals surface area contributed by atoms with Crippen LogP contribution in [0.15, 0.2) is 36.6 Å². The largest absolute Gasteiger partial charge is 0.493 e. The number of carbonyl (C=O) groups excluding carboxylic acids is 1. The molecule has 1 N–H and O–H groups in total. The fourth-order valence-corrected chi connectivity index (χ4v) is 3.02. The maximum atomic E-state index is 12.2. The Hall–Kier alpha value is -2.77. The Morgan fingerprint density at radius 3 is 2.45 bits per heavy atom. The summed E-state index contributed by atoms with van der Waals surface area (Å²) in [5.74, 6) is 0.990. The van der Waals surface area contributed by atoms with E-state index < -0.39 is 22.7 Å². The zero-order chi connectivity index (χ0) is 21.4. The number of ether oxygens (including phenoxy) is 3.